The van der Waals surface area contributed by atoms with Gasteiger partial charge in [-0.25, -0.2) is 0 Å². The molecule has 1 aromatic carbocycles. The molecule has 0 bridgehead atoms. The fourth-order valence-corrected chi connectivity index (χ4v) is 1.98. The zero-order valence-corrected chi connectivity index (χ0v) is 11.3. The van der Waals surface area contributed by atoms with E-state index in [4.69, 9.17) is 23.2 Å². The topological polar surface area (TPSA) is 38.3 Å². The van der Waals surface area contributed by atoms with Crippen LogP contribution in [0.15, 0.2) is 18.2 Å². The molecule has 0 radical (unpaired) electrons. The molecule has 0 spiro atoms. The molecule has 0 unspecified atom stereocenters. The predicted molar refractivity (Wildman–Crippen MR) is 70.8 cm³/mol. The maximum atomic E-state index is 11.2. The zero-order chi connectivity index (χ0) is 12.8. The third-order valence-electron chi connectivity index (χ3n) is 2.37. The van der Waals surface area contributed by atoms with Crippen molar-refractivity contribution >= 4 is 34.9 Å². The number of carbonyl (C=O) groups is 1. The number of ether oxygens (including phenoxy) is 1. The molecule has 17 heavy (non-hydrogen) atoms. The van der Waals surface area contributed by atoms with Gasteiger partial charge >= 0.3 is 5.97 Å². The summed E-state index contributed by atoms with van der Waals surface area (Å²) in [5.41, 5.74) is 0.804. The van der Waals surface area contributed by atoms with Crippen LogP contribution in [0.5, 0.6) is 0 Å². The molecule has 0 aliphatic heterocycles. The van der Waals surface area contributed by atoms with E-state index in [1.807, 2.05) is 6.92 Å². The van der Waals surface area contributed by atoms with Crippen LogP contribution in [0.1, 0.15) is 19.8 Å². The fourth-order valence-electron chi connectivity index (χ4n) is 1.45. The standard InChI is InChI=1S/C12H15Cl2NO2/c1-3-10(7-12(16)17-2)15-11-5-8(13)4-9(14)6-11/h4-6,10,15H,3,7H2,1-2H3/t10-/m0/s1. The summed E-state index contributed by atoms with van der Waals surface area (Å²) in [6.07, 6.45) is 1.12. The van der Waals surface area contributed by atoms with Crippen LogP contribution in [-0.4, -0.2) is 19.1 Å². The van der Waals surface area contributed by atoms with E-state index >= 15 is 0 Å². The second-order valence-corrected chi connectivity index (χ2v) is 4.56. The van der Waals surface area contributed by atoms with Gasteiger partial charge in [-0.05, 0) is 24.6 Å². The van der Waals surface area contributed by atoms with Gasteiger partial charge in [0.15, 0.2) is 0 Å². The molecule has 0 aliphatic rings. The Morgan fingerprint density at radius 1 is 1.35 bits per heavy atom. The van der Waals surface area contributed by atoms with E-state index < -0.39 is 0 Å². The molecule has 94 valence electrons. The van der Waals surface area contributed by atoms with Crippen molar-refractivity contribution in [2.75, 3.05) is 12.4 Å². The van der Waals surface area contributed by atoms with Gasteiger partial charge in [-0.2, -0.15) is 0 Å². The van der Waals surface area contributed by atoms with E-state index in [1.165, 1.54) is 7.11 Å². The number of hydrogen-bond acceptors (Lipinski definition) is 3. The van der Waals surface area contributed by atoms with E-state index in [0.29, 0.717) is 16.5 Å². The lowest BCUT2D eigenvalue weighted by Gasteiger charge is -2.17. The van der Waals surface area contributed by atoms with Crippen molar-refractivity contribution in [3.63, 3.8) is 0 Å². The third kappa shape index (κ3) is 4.84. The highest BCUT2D eigenvalue weighted by atomic mass is 35.5. The van der Waals surface area contributed by atoms with Crippen LogP contribution in [0.25, 0.3) is 0 Å². The molecule has 0 heterocycles. The van der Waals surface area contributed by atoms with E-state index in [0.717, 1.165) is 12.1 Å². The molecule has 1 rings (SSSR count). The lowest BCUT2D eigenvalue weighted by molar-refractivity contribution is -0.140. The lowest BCUT2D eigenvalue weighted by Crippen LogP contribution is -2.23. The summed E-state index contributed by atoms with van der Waals surface area (Å²) in [6, 6.07) is 5.22. The van der Waals surface area contributed by atoms with Gasteiger partial charge in [-0.1, -0.05) is 30.1 Å². The number of benzene rings is 1. The second-order valence-electron chi connectivity index (χ2n) is 3.69. The number of esters is 1. The Balaban J connectivity index is 2.70. The first-order valence-corrected chi connectivity index (χ1v) is 6.10. The van der Waals surface area contributed by atoms with Gasteiger partial charge in [-0.3, -0.25) is 4.79 Å². The van der Waals surface area contributed by atoms with Crippen LogP contribution in [0, 0.1) is 0 Å². The van der Waals surface area contributed by atoms with Crippen molar-refractivity contribution in [3.8, 4) is 0 Å². The summed E-state index contributed by atoms with van der Waals surface area (Å²) in [7, 11) is 1.38. The molecule has 0 saturated carbocycles. The van der Waals surface area contributed by atoms with Crippen LogP contribution < -0.4 is 5.32 Å². The minimum atomic E-state index is -0.238. The average Bonchev–Trinajstić information content (AvgIpc) is 2.26. The number of anilines is 1. The molecule has 0 aliphatic carbocycles. The first kappa shape index (κ1) is 14.1. The van der Waals surface area contributed by atoms with Crippen molar-refractivity contribution in [1.29, 1.82) is 0 Å². The molecule has 3 nitrogen and oxygen atoms in total. The van der Waals surface area contributed by atoms with E-state index in [1.54, 1.807) is 18.2 Å². The van der Waals surface area contributed by atoms with Crippen LogP contribution >= 0.6 is 23.2 Å². The number of carbonyl (C=O) groups excluding carboxylic acids is 1. The predicted octanol–water partition coefficient (Wildman–Crippen LogP) is 3.75. The maximum absolute atomic E-state index is 11.2. The molecule has 1 aromatic rings. The van der Waals surface area contributed by atoms with Gasteiger partial charge in [0, 0.05) is 21.8 Å². The Morgan fingerprint density at radius 2 is 1.94 bits per heavy atom. The normalized spacial score (nSPS) is 12.0. The minimum absolute atomic E-state index is 0.0111. The summed E-state index contributed by atoms with van der Waals surface area (Å²) >= 11 is 11.8. The highest BCUT2D eigenvalue weighted by Crippen LogP contribution is 2.23. The summed E-state index contributed by atoms with van der Waals surface area (Å²) in [4.78, 5) is 11.2. The smallest absolute Gasteiger partial charge is 0.307 e. The van der Waals surface area contributed by atoms with Crippen LogP contribution in [0.2, 0.25) is 10.0 Å². The number of halogens is 2. The zero-order valence-electron chi connectivity index (χ0n) is 9.80. The molecule has 0 amide bonds. The first-order valence-electron chi connectivity index (χ1n) is 5.34. The quantitative estimate of drug-likeness (QED) is 0.832. The van der Waals surface area contributed by atoms with Crippen molar-refractivity contribution < 1.29 is 9.53 Å². The molecule has 0 saturated heterocycles. The van der Waals surface area contributed by atoms with E-state index in [-0.39, 0.29) is 12.0 Å². The molecule has 1 atom stereocenters. The molecule has 1 N–H and O–H groups in total. The Labute approximate surface area is 111 Å². The Hall–Kier alpha value is -0.930. The number of nitrogens with one attached hydrogen (secondary N) is 1. The fraction of sp³-hybridized carbons (Fsp3) is 0.417. The molecule has 5 heteroatoms. The monoisotopic (exact) mass is 275 g/mol. The van der Waals surface area contributed by atoms with E-state index in [2.05, 4.69) is 10.1 Å². The van der Waals surface area contributed by atoms with E-state index in [9.17, 15) is 4.79 Å². The Bertz CT molecular complexity index is 376. The van der Waals surface area contributed by atoms with Gasteiger partial charge < -0.3 is 10.1 Å². The van der Waals surface area contributed by atoms with Crippen molar-refractivity contribution in [2.24, 2.45) is 0 Å². The lowest BCUT2D eigenvalue weighted by atomic mass is 10.1. The SMILES string of the molecule is CC[C@@H](CC(=O)OC)Nc1cc(Cl)cc(Cl)c1. The van der Waals surface area contributed by atoms with Crippen molar-refractivity contribution in [2.45, 2.75) is 25.8 Å². The Kier molecular flexibility index (Phi) is 5.59. The summed E-state index contributed by atoms with van der Waals surface area (Å²) in [5, 5.41) is 4.33. The number of hydrogen-bond donors (Lipinski definition) is 1. The highest BCUT2D eigenvalue weighted by Gasteiger charge is 2.12. The summed E-state index contributed by atoms with van der Waals surface area (Å²) in [6.45, 7) is 1.99. The van der Waals surface area contributed by atoms with Gasteiger partial charge in [0.25, 0.3) is 0 Å². The molecule has 0 aromatic heterocycles. The Morgan fingerprint density at radius 3 is 2.41 bits per heavy atom. The van der Waals surface area contributed by atoms with Crippen molar-refractivity contribution in [1.82, 2.24) is 0 Å². The average molecular weight is 276 g/mol. The van der Waals surface area contributed by atoms with Gasteiger partial charge in [0.05, 0.1) is 13.5 Å². The first-order chi connectivity index (χ1) is 8.05. The maximum Gasteiger partial charge on any atom is 0.307 e. The van der Waals surface area contributed by atoms with Gasteiger partial charge in [0.1, 0.15) is 0 Å². The summed E-state index contributed by atoms with van der Waals surface area (Å²) in [5.74, 6) is -0.238. The second kappa shape index (κ2) is 6.72. The van der Waals surface area contributed by atoms with Crippen LogP contribution in [0.4, 0.5) is 5.69 Å². The molecular weight excluding hydrogens is 261 g/mol. The third-order valence-corrected chi connectivity index (χ3v) is 2.80. The molecule has 0 fully saturated rings. The van der Waals surface area contributed by atoms with Gasteiger partial charge in [0.2, 0.25) is 0 Å². The summed E-state index contributed by atoms with van der Waals surface area (Å²) < 4.78 is 4.64. The van der Waals surface area contributed by atoms with Crippen LogP contribution in [-0.2, 0) is 9.53 Å². The number of rotatable bonds is 5. The number of methoxy groups -OCH3 is 1. The highest BCUT2D eigenvalue weighted by molar-refractivity contribution is 6.35. The molecular formula is C12H15Cl2NO2. The minimum Gasteiger partial charge on any atom is -0.469 e. The van der Waals surface area contributed by atoms with Crippen LogP contribution in [0.3, 0.4) is 0 Å². The van der Waals surface area contributed by atoms with Gasteiger partial charge in [-0.15, -0.1) is 0 Å². The van der Waals surface area contributed by atoms with Crippen molar-refractivity contribution in [3.05, 3.63) is 28.2 Å². The largest absolute Gasteiger partial charge is 0.469 e.